The number of hydrogen-bond donors (Lipinski definition) is 0. The maximum atomic E-state index is 12.6. The quantitative estimate of drug-likeness (QED) is 0.593. The van der Waals surface area contributed by atoms with Crippen molar-refractivity contribution in [3.05, 3.63) is 23.0 Å². The summed E-state index contributed by atoms with van der Waals surface area (Å²) in [5.74, 6) is -2.47. The summed E-state index contributed by atoms with van der Waals surface area (Å²) in [6.07, 6.45) is -14.7. The van der Waals surface area contributed by atoms with Gasteiger partial charge in [-0.25, -0.2) is 13.8 Å². The van der Waals surface area contributed by atoms with Crippen molar-refractivity contribution in [3.8, 4) is 5.75 Å². The largest absolute Gasteiger partial charge is 0.573 e. The molecule has 0 aliphatic rings. The smallest absolute Gasteiger partial charge is 0.405 e. The van der Waals surface area contributed by atoms with Crippen LogP contribution in [0.3, 0.4) is 0 Å². The Labute approximate surface area is 111 Å². The molecule has 0 radical (unpaired) electrons. The first-order valence-corrected chi connectivity index (χ1v) is 5.20. The first kappa shape index (κ1) is 16.7. The highest BCUT2D eigenvalue weighted by atomic mass is 35.5. The number of pyridine rings is 1. The molecule has 0 fully saturated rings. The van der Waals surface area contributed by atoms with Crippen LogP contribution in [0.15, 0.2) is 6.07 Å². The zero-order valence-electron chi connectivity index (χ0n) is 9.12. The molecule has 0 saturated heterocycles. The Morgan fingerprint density at radius 1 is 1.15 bits per heavy atom. The average Bonchev–Trinajstić information content (AvgIpc) is 2.23. The Kier molecular flexibility index (Phi) is 4.67. The van der Waals surface area contributed by atoms with E-state index in [1.54, 1.807) is 0 Å². The van der Waals surface area contributed by atoms with Gasteiger partial charge in [0, 0.05) is 6.07 Å². The van der Waals surface area contributed by atoms with Gasteiger partial charge in [-0.3, -0.25) is 0 Å². The normalized spacial score (nSPS) is 12.9. The summed E-state index contributed by atoms with van der Waals surface area (Å²) in [6.45, 7) is 0. The minimum absolute atomic E-state index is 0.217. The van der Waals surface area contributed by atoms with E-state index in [4.69, 9.17) is 11.6 Å². The minimum atomic E-state index is -5.50. The van der Waals surface area contributed by atoms with E-state index >= 15 is 0 Å². The number of rotatable bonds is 3. The second-order valence-corrected chi connectivity index (χ2v) is 3.62. The van der Waals surface area contributed by atoms with Crippen LogP contribution in [-0.4, -0.2) is 11.3 Å². The molecule has 0 aliphatic heterocycles. The average molecular weight is 330 g/mol. The van der Waals surface area contributed by atoms with Gasteiger partial charge in [0.05, 0.1) is 11.6 Å². The molecule has 0 aromatic carbocycles. The van der Waals surface area contributed by atoms with Crippen molar-refractivity contribution in [1.82, 2.24) is 4.98 Å². The van der Waals surface area contributed by atoms with Crippen LogP contribution >= 0.6 is 11.6 Å². The molecule has 11 heteroatoms. The van der Waals surface area contributed by atoms with Crippen LogP contribution in [0.25, 0.3) is 0 Å². The van der Waals surface area contributed by atoms with Crippen LogP contribution in [0.4, 0.5) is 35.1 Å². The number of aromatic nitrogens is 1. The zero-order chi connectivity index (χ0) is 15.7. The zero-order valence-corrected chi connectivity index (χ0v) is 9.87. The van der Waals surface area contributed by atoms with Gasteiger partial charge in [0.15, 0.2) is 0 Å². The maximum absolute atomic E-state index is 12.6. The van der Waals surface area contributed by atoms with Gasteiger partial charge in [0.2, 0.25) is 0 Å². The summed E-state index contributed by atoms with van der Waals surface area (Å²) >= 11 is 5.19. The summed E-state index contributed by atoms with van der Waals surface area (Å²) in [7, 11) is 0. The molecule has 1 aromatic rings. The fourth-order valence-electron chi connectivity index (χ4n) is 1.31. The molecule has 0 unspecified atom stereocenters. The lowest BCUT2D eigenvalue weighted by atomic mass is 10.1. The van der Waals surface area contributed by atoms with E-state index in [-0.39, 0.29) is 6.07 Å². The Morgan fingerprint density at radius 3 is 2.05 bits per heavy atom. The summed E-state index contributed by atoms with van der Waals surface area (Å²) in [4.78, 5) is 2.90. The van der Waals surface area contributed by atoms with E-state index < -0.39 is 47.5 Å². The van der Waals surface area contributed by atoms with Crippen molar-refractivity contribution in [3.63, 3.8) is 0 Å². The highest BCUT2D eigenvalue weighted by molar-refractivity contribution is 6.16. The molecular weight excluding hydrogens is 326 g/mol. The lowest BCUT2D eigenvalue weighted by Crippen LogP contribution is -2.22. The molecule has 0 saturated carbocycles. The molecule has 1 heterocycles. The molecule has 2 nitrogen and oxygen atoms in total. The number of ether oxygens (including phenoxy) is 1. The van der Waals surface area contributed by atoms with Crippen LogP contribution in [0.1, 0.15) is 23.4 Å². The molecule has 20 heavy (non-hydrogen) atoms. The highest BCUT2D eigenvalue weighted by Crippen LogP contribution is 2.43. The molecule has 1 aromatic heterocycles. The van der Waals surface area contributed by atoms with Gasteiger partial charge >= 0.3 is 12.5 Å². The Hall–Kier alpha value is -1.32. The summed E-state index contributed by atoms with van der Waals surface area (Å²) in [6, 6.07) is 0.217. The summed E-state index contributed by atoms with van der Waals surface area (Å²) < 4.78 is 102. The Bertz CT molecular complexity index is 484. The van der Waals surface area contributed by atoms with Gasteiger partial charge in [-0.1, -0.05) is 0 Å². The van der Waals surface area contributed by atoms with E-state index in [1.165, 1.54) is 0 Å². The fraction of sp³-hybridized carbons (Fsp3) is 0.444. The molecule has 0 amide bonds. The van der Waals surface area contributed by atoms with Crippen LogP contribution in [0.2, 0.25) is 0 Å². The lowest BCUT2D eigenvalue weighted by Gasteiger charge is -2.18. The molecule has 114 valence electrons. The van der Waals surface area contributed by atoms with Crippen molar-refractivity contribution in [1.29, 1.82) is 0 Å². The SMILES string of the molecule is FC(F)c1nc(CCl)cc(OC(F)(F)F)c1C(F)(F)F. The van der Waals surface area contributed by atoms with Gasteiger partial charge in [0.25, 0.3) is 6.43 Å². The molecule has 0 aliphatic carbocycles. The van der Waals surface area contributed by atoms with E-state index in [9.17, 15) is 35.1 Å². The fourth-order valence-corrected chi connectivity index (χ4v) is 1.45. The number of nitrogens with zero attached hydrogens (tertiary/aromatic N) is 1. The van der Waals surface area contributed by atoms with Gasteiger partial charge in [-0.2, -0.15) is 13.2 Å². The molecule has 0 N–H and O–H groups in total. The molecule has 0 bridgehead atoms. The van der Waals surface area contributed by atoms with E-state index in [2.05, 4.69) is 9.72 Å². The highest BCUT2D eigenvalue weighted by Gasteiger charge is 2.44. The molecule has 0 spiro atoms. The summed E-state index contributed by atoms with van der Waals surface area (Å²) in [5, 5.41) is 0. The third-order valence-corrected chi connectivity index (χ3v) is 2.19. The lowest BCUT2D eigenvalue weighted by molar-refractivity contribution is -0.276. The number of halogens is 9. The van der Waals surface area contributed by atoms with Gasteiger partial charge in [0.1, 0.15) is 17.0 Å². The minimum Gasteiger partial charge on any atom is -0.405 e. The van der Waals surface area contributed by atoms with Gasteiger partial charge in [-0.15, -0.1) is 24.8 Å². The van der Waals surface area contributed by atoms with Crippen molar-refractivity contribution < 1.29 is 39.9 Å². The number of hydrogen-bond acceptors (Lipinski definition) is 2. The van der Waals surface area contributed by atoms with Crippen LogP contribution in [0, 0.1) is 0 Å². The maximum Gasteiger partial charge on any atom is 0.573 e. The standard InChI is InChI=1S/C9H4ClF8NO/c10-2-3-1-4(20-9(16,17)18)5(8(13,14)15)6(19-3)7(11)12/h1,7H,2H2. The van der Waals surface area contributed by atoms with E-state index in [1.807, 2.05) is 0 Å². The second-order valence-electron chi connectivity index (χ2n) is 3.35. The molecular formula is C9H4ClF8NO. The van der Waals surface area contributed by atoms with Crippen LogP contribution < -0.4 is 4.74 Å². The predicted molar refractivity (Wildman–Crippen MR) is 50.4 cm³/mol. The van der Waals surface area contributed by atoms with Crippen molar-refractivity contribution in [2.45, 2.75) is 24.8 Å². The van der Waals surface area contributed by atoms with Crippen molar-refractivity contribution in [2.75, 3.05) is 0 Å². The summed E-state index contributed by atoms with van der Waals surface area (Å²) in [5.41, 5.74) is -4.75. The Morgan fingerprint density at radius 2 is 1.70 bits per heavy atom. The third kappa shape index (κ3) is 4.09. The van der Waals surface area contributed by atoms with Crippen molar-refractivity contribution >= 4 is 11.6 Å². The topological polar surface area (TPSA) is 22.1 Å². The Balaban J connectivity index is 3.56. The van der Waals surface area contributed by atoms with Crippen LogP contribution in [0.5, 0.6) is 5.75 Å². The first-order chi connectivity index (χ1) is 8.95. The van der Waals surface area contributed by atoms with Gasteiger partial charge in [-0.05, 0) is 0 Å². The monoisotopic (exact) mass is 329 g/mol. The molecule has 1 rings (SSSR count). The first-order valence-electron chi connectivity index (χ1n) is 4.66. The van der Waals surface area contributed by atoms with E-state index in [0.29, 0.717) is 0 Å². The van der Waals surface area contributed by atoms with Crippen molar-refractivity contribution in [2.24, 2.45) is 0 Å². The molecule has 0 atom stereocenters. The predicted octanol–water partition coefficient (Wildman–Crippen LogP) is 4.68. The van der Waals surface area contributed by atoms with E-state index in [0.717, 1.165) is 0 Å². The number of alkyl halides is 9. The second kappa shape index (κ2) is 5.58. The third-order valence-electron chi connectivity index (χ3n) is 1.92. The van der Waals surface area contributed by atoms with Gasteiger partial charge < -0.3 is 4.74 Å². The van der Waals surface area contributed by atoms with Crippen LogP contribution in [-0.2, 0) is 12.1 Å².